The Morgan fingerprint density at radius 3 is 2.48 bits per heavy atom. The summed E-state index contributed by atoms with van der Waals surface area (Å²) in [6, 6.07) is 5.24. The van der Waals surface area contributed by atoms with Crippen LogP contribution in [0, 0.1) is 11.6 Å². The van der Waals surface area contributed by atoms with Crippen molar-refractivity contribution in [3.63, 3.8) is 0 Å². The lowest BCUT2D eigenvalue weighted by Crippen LogP contribution is -2.40. The molecule has 1 aromatic carbocycles. The first-order valence-corrected chi connectivity index (χ1v) is 7.76. The minimum Gasteiger partial charge on any atom is -0.467 e. The number of hydrogen-bond donors (Lipinski definition) is 1. The summed E-state index contributed by atoms with van der Waals surface area (Å²) in [7, 11) is 0. The van der Waals surface area contributed by atoms with Gasteiger partial charge in [0.15, 0.2) is 0 Å². The fraction of sp³-hybridized carbons (Fsp3) is 0.294. The van der Waals surface area contributed by atoms with Gasteiger partial charge in [0.05, 0.1) is 18.4 Å². The number of benzene rings is 1. The largest absolute Gasteiger partial charge is 0.467 e. The van der Waals surface area contributed by atoms with Crippen molar-refractivity contribution in [2.75, 3.05) is 13.1 Å². The van der Waals surface area contributed by atoms with Crippen LogP contribution in [0.2, 0.25) is 0 Å². The van der Waals surface area contributed by atoms with Crippen LogP contribution in [-0.4, -0.2) is 36.0 Å². The molecule has 2 rings (SSSR count). The van der Waals surface area contributed by atoms with Crippen LogP contribution in [0.5, 0.6) is 0 Å². The third-order valence-electron chi connectivity index (χ3n) is 3.45. The van der Waals surface area contributed by atoms with Crippen LogP contribution in [0.15, 0.2) is 41.0 Å². The van der Waals surface area contributed by atoms with E-state index in [0.29, 0.717) is 11.0 Å². The van der Waals surface area contributed by atoms with E-state index >= 15 is 0 Å². The normalized spacial score (nSPS) is 11.3. The molecule has 1 heterocycles. The summed E-state index contributed by atoms with van der Waals surface area (Å²) in [5.41, 5.74) is -0.438. The van der Waals surface area contributed by atoms with E-state index in [1.54, 1.807) is 0 Å². The minimum absolute atomic E-state index is 0.171. The van der Waals surface area contributed by atoms with Crippen LogP contribution in [0.3, 0.4) is 0 Å². The Balaban J connectivity index is 1.93. The number of furan rings is 1. The quantitative estimate of drug-likeness (QED) is 0.739. The molecule has 0 unspecified atom stereocenters. The molecule has 2 aromatic rings. The highest BCUT2D eigenvalue weighted by atomic mass is 19.4. The monoisotopic (exact) mass is 390 g/mol. The van der Waals surface area contributed by atoms with Crippen LogP contribution in [-0.2, 0) is 11.3 Å². The number of nitrogens with zero attached hydrogens (tertiary/aromatic N) is 1. The first-order valence-electron chi connectivity index (χ1n) is 7.76. The minimum atomic E-state index is -4.61. The standard InChI is InChI=1S/C17H15F5N2O3/c18-11-3-4-13(14(19)8-11)16(26)23-6-5-15(25)24(10-17(20,21)22)9-12-2-1-7-27-12/h1-4,7-8H,5-6,9-10H2,(H,23,26). The van der Waals surface area contributed by atoms with Crippen molar-refractivity contribution < 1.29 is 36.0 Å². The lowest BCUT2D eigenvalue weighted by Gasteiger charge is -2.23. The molecule has 27 heavy (non-hydrogen) atoms. The second-order valence-corrected chi connectivity index (χ2v) is 5.57. The molecule has 146 valence electrons. The van der Waals surface area contributed by atoms with Crippen molar-refractivity contribution >= 4 is 11.8 Å². The van der Waals surface area contributed by atoms with E-state index in [1.165, 1.54) is 18.4 Å². The average molecular weight is 390 g/mol. The predicted octanol–water partition coefficient (Wildman–Crippen LogP) is 3.27. The van der Waals surface area contributed by atoms with Gasteiger partial charge in [-0.25, -0.2) is 8.78 Å². The highest BCUT2D eigenvalue weighted by Gasteiger charge is 2.33. The summed E-state index contributed by atoms with van der Waals surface area (Å²) < 4.78 is 69.3. The number of carbonyl (C=O) groups excluding carboxylic acids is 2. The van der Waals surface area contributed by atoms with Crippen LogP contribution >= 0.6 is 0 Å². The van der Waals surface area contributed by atoms with Crippen molar-refractivity contribution in [2.24, 2.45) is 0 Å². The second-order valence-electron chi connectivity index (χ2n) is 5.57. The van der Waals surface area contributed by atoms with Gasteiger partial charge in [-0.3, -0.25) is 9.59 Å². The molecule has 0 spiro atoms. The Hall–Kier alpha value is -2.91. The first kappa shape index (κ1) is 20.4. The number of nitrogens with one attached hydrogen (secondary N) is 1. The fourth-order valence-corrected chi connectivity index (χ4v) is 2.25. The summed E-state index contributed by atoms with van der Waals surface area (Å²) in [6.07, 6.45) is -3.78. The van der Waals surface area contributed by atoms with Gasteiger partial charge in [-0.2, -0.15) is 13.2 Å². The molecule has 0 saturated heterocycles. The van der Waals surface area contributed by atoms with Gasteiger partial charge in [0.25, 0.3) is 5.91 Å². The zero-order chi connectivity index (χ0) is 20.0. The highest BCUT2D eigenvalue weighted by Crippen LogP contribution is 2.19. The van der Waals surface area contributed by atoms with Crippen LogP contribution in [0.1, 0.15) is 22.5 Å². The van der Waals surface area contributed by atoms with Crippen LogP contribution < -0.4 is 5.32 Å². The Bertz CT molecular complexity index is 790. The summed E-state index contributed by atoms with van der Waals surface area (Å²) >= 11 is 0. The molecule has 0 fully saturated rings. The molecule has 1 aromatic heterocycles. The van der Waals surface area contributed by atoms with Gasteiger partial charge in [-0.05, 0) is 24.3 Å². The maximum atomic E-state index is 13.5. The van der Waals surface area contributed by atoms with Gasteiger partial charge in [0, 0.05) is 19.0 Å². The average Bonchev–Trinajstić information content (AvgIpc) is 3.05. The molecule has 0 aliphatic rings. The molecule has 0 aliphatic carbocycles. The van der Waals surface area contributed by atoms with Gasteiger partial charge in [0.2, 0.25) is 5.91 Å². The van der Waals surface area contributed by atoms with Crippen molar-refractivity contribution in [3.8, 4) is 0 Å². The third-order valence-corrected chi connectivity index (χ3v) is 3.45. The van der Waals surface area contributed by atoms with Crippen molar-refractivity contribution in [3.05, 3.63) is 59.6 Å². The molecule has 0 atom stereocenters. The SMILES string of the molecule is O=C(NCCC(=O)N(Cc1ccco1)CC(F)(F)F)c1ccc(F)cc1F. The number of amides is 2. The lowest BCUT2D eigenvalue weighted by atomic mass is 10.2. The molecule has 10 heteroatoms. The van der Waals surface area contributed by atoms with Crippen molar-refractivity contribution in [1.29, 1.82) is 0 Å². The van der Waals surface area contributed by atoms with E-state index in [-0.39, 0.29) is 18.8 Å². The number of hydrogen-bond acceptors (Lipinski definition) is 3. The predicted molar refractivity (Wildman–Crippen MR) is 83.5 cm³/mol. The highest BCUT2D eigenvalue weighted by molar-refractivity contribution is 5.94. The molecule has 2 amide bonds. The molecular formula is C17H15F5N2O3. The van der Waals surface area contributed by atoms with Gasteiger partial charge < -0.3 is 14.6 Å². The molecule has 0 radical (unpaired) electrons. The van der Waals surface area contributed by atoms with E-state index in [9.17, 15) is 31.5 Å². The number of alkyl halides is 3. The summed E-state index contributed by atoms with van der Waals surface area (Å²) in [5, 5.41) is 2.21. The van der Waals surface area contributed by atoms with Gasteiger partial charge in [0.1, 0.15) is 23.9 Å². The summed E-state index contributed by atoms with van der Waals surface area (Å²) in [5.74, 6) is -3.56. The van der Waals surface area contributed by atoms with Crippen molar-refractivity contribution in [1.82, 2.24) is 10.2 Å². The Morgan fingerprint density at radius 1 is 1.15 bits per heavy atom. The first-order chi connectivity index (χ1) is 12.7. The Labute approximate surface area is 150 Å². The molecule has 5 nitrogen and oxygen atoms in total. The Morgan fingerprint density at radius 2 is 1.89 bits per heavy atom. The number of rotatable bonds is 7. The third kappa shape index (κ3) is 6.39. The molecule has 1 N–H and O–H groups in total. The zero-order valence-corrected chi connectivity index (χ0v) is 13.9. The van der Waals surface area contributed by atoms with E-state index in [0.717, 1.165) is 12.1 Å². The lowest BCUT2D eigenvalue weighted by molar-refractivity contribution is -0.162. The van der Waals surface area contributed by atoms with Gasteiger partial charge in [-0.1, -0.05) is 0 Å². The van der Waals surface area contributed by atoms with E-state index < -0.39 is 48.2 Å². The van der Waals surface area contributed by atoms with Gasteiger partial charge >= 0.3 is 6.18 Å². The maximum Gasteiger partial charge on any atom is 0.406 e. The van der Waals surface area contributed by atoms with E-state index in [4.69, 9.17) is 4.42 Å². The number of carbonyl (C=O) groups is 2. The van der Waals surface area contributed by atoms with Crippen LogP contribution in [0.25, 0.3) is 0 Å². The van der Waals surface area contributed by atoms with Crippen LogP contribution in [0.4, 0.5) is 22.0 Å². The number of halogens is 5. The van der Waals surface area contributed by atoms with Crippen molar-refractivity contribution in [2.45, 2.75) is 19.1 Å². The van der Waals surface area contributed by atoms with Gasteiger partial charge in [-0.15, -0.1) is 0 Å². The Kier molecular flexibility index (Phi) is 6.54. The fourth-order valence-electron chi connectivity index (χ4n) is 2.25. The summed E-state index contributed by atoms with van der Waals surface area (Å²) in [6.45, 7) is -2.18. The molecule has 0 bridgehead atoms. The summed E-state index contributed by atoms with van der Waals surface area (Å²) in [4.78, 5) is 24.5. The molecule has 0 saturated carbocycles. The van der Waals surface area contributed by atoms with E-state index in [2.05, 4.69) is 5.32 Å². The molecule has 0 aliphatic heterocycles. The van der Waals surface area contributed by atoms with E-state index in [1.807, 2.05) is 0 Å². The zero-order valence-electron chi connectivity index (χ0n) is 13.9. The second kappa shape index (κ2) is 8.65. The molecular weight excluding hydrogens is 375 g/mol. The maximum absolute atomic E-state index is 13.5. The smallest absolute Gasteiger partial charge is 0.406 e. The topological polar surface area (TPSA) is 62.6 Å².